The van der Waals surface area contributed by atoms with Crippen LogP contribution in [0.25, 0.3) is 0 Å². The molecule has 116 valence electrons. The van der Waals surface area contributed by atoms with Crippen LogP contribution in [-0.4, -0.2) is 42.6 Å². The second-order valence-electron chi connectivity index (χ2n) is 5.69. The van der Waals surface area contributed by atoms with Crippen LogP contribution in [0.2, 0.25) is 5.02 Å². The molecule has 1 atom stereocenters. The smallest absolute Gasteiger partial charge is 0.220 e. The summed E-state index contributed by atoms with van der Waals surface area (Å²) in [4.78, 5) is 13.6. The van der Waals surface area contributed by atoms with Crippen LogP contribution in [0.5, 0.6) is 0 Å². The Morgan fingerprint density at radius 3 is 2.81 bits per heavy atom. The lowest BCUT2D eigenvalue weighted by molar-refractivity contribution is -0.121. The predicted octanol–water partition coefficient (Wildman–Crippen LogP) is 2.22. The van der Waals surface area contributed by atoms with Crippen LogP contribution < -0.4 is 5.32 Å². The average molecular weight is 311 g/mol. The minimum Gasteiger partial charge on any atom is -0.387 e. The molecule has 0 aliphatic carbocycles. The third-order valence-corrected chi connectivity index (χ3v) is 4.36. The van der Waals surface area contributed by atoms with Gasteiger partial charge in [-0.15, -0.1) is 0 Å². The second-order valence-corrected chi connectivity index (χ2v) is 6.13. The number of amides is 1. The molecule has 1 saturated heterocycles. The monoisotopic (exact) mass is 310 g/mol. The van der Waals surface area contributed by atoms with Gasteiger partial charge in [-0.25, -0.2) is 0 Å². The molecule has 1 aromatic rings. The van der Waals surface area contributed by atoms with Gasteiger partial charge in [0.2, 0.25) is 5.91 Å². The van der Waals surface area contributed by atoms with E-state index < -0.39 is 6.10 Å². The lowest BCUT2D eigenvalue weighted by Gasteiger charge is -2.33. The van der Waals surface area contributed by atoms with Gasteiger partial charge in [0.25, 0.3) is 0 Å². The summed E-state index contributed by atoms with van der Waals surface area (Å²) in [6.45, 7) is 2.48. The quantitative estimate of drug-likeness (QED) is 0.877. The molecule has 1 fully saturated rings. The molecule has 1 aromatic carbocycles. The average Bonchev–Trinajstić information content (AvgIpc) is 2.49. The van der Waals surface area contributed by atoms with Crippen LogP contribution in [0.1, 0.15) is 30.9 Å². The van der Waals surface area contributed by atoms with Gasteiger partial charge < -0.3 is 15.3 Å². The molecule has 2 N–H and O–H groups in total. The summed E-state index contributed by atoms with van der Waals surface area (Å²) in [5.74, 6) is 0.580. The van der Waals surface area contributed by atoms with Crippen LogP contribution in [0.15, 0.2) is 24.3 Å². The topological polar surface area (TPSA) is 52.6 Å². The van der Waals surface area contributed by atoms with Gasteiger partial charge in [0, 0.05) is 25.0 Å². The molecule has 0 spiro atoms. The van der Waals surface area contributed by atoms with E-state index in [9.17, 15) is 9.90 Å². The summed E-state index contributed by atoms with van der Waals surface area (Å²) in [7, 11) is 1.68. The fraction of sp³-hybridized carbons (Fsp3) is 0.562. The summed E-state index contributed by atoms with van der Waals surface area (Å²) in [5, 5.41) is 13.6. The number of nitrogens with one attached hydrogen (secondary N) is 1. The Morgan fingerprint density at radius 1 is 1.48 bits per heavy atom. The van der Waals surface area contributed by atoms with Gasteiger partial charge in [-0.2, -0.15) is 0 Å². The molecule has 1 amide bonds. The number of carbonyl (C=O) groups excluding carboxylic acids is 1. The van der Waals surface area contributed by atoms with Crippen molar-refractivity contribution in [3.05, 3.63) is 34.9 Å². The molecule has 0 bridgehead atoms. The van der Waals surface area contributed by atoms with Gasteiger partial charge in [0.15, 0.2) is 0 Å². The molecule has 0 aromatic heterocycles. The Morgan fingerprint density at radius 2 is 2.19 bits per heavy atom. The van der Waals surface area contributed by atoms with Crippen molar-refractivity contribution in [2.45, 2.75) is 25.4 Å². The highest BCUT2D eigenvalue weighted by Crippen LogP contribution is 2.23. The Hall–Kier alpha value is -1.10. The maximum Gasteiger partial charge on any atom is 0.220 e. The number of β-amino-alcohol motifs (C(OH)–C–C–N with tert-alkyl or cyclic N) is 1. The summed E-state index contributed by atoms with van der Waals surface area (Å²) < 4.78 is 0. The number of carbonyl (C=O) groups is 1. The molecule has 1 unspecified atom stereocenters. The lowest BCUT2D eigenvalue weighted by Crippen LogP contribution is -2.37. The van der Waals surface area contributed by atoms with E-state index in [0.29, 0.717) is 23.9 Å². The van der Waals surface area contributed by atoms with E-state index in [4.69, 9.17) is 11.6 Å². The van der Waals surface area contributed by atoms with Crippen molar-refractivity contribution in [1.29, 1.82) is 0 Å². The van der Waals surface area contributed by atoms with Gasteiger partial charge in [-0.3, -0.25) is 4.79 Å². The van der Waals surface area contributed by atoms with E-state index >= 15 is 0 Å². The lowest BCUT2D eigenvalue weighted by atomic mass is 9.93. The van der Waals surface area contributed by atoms with E-state index in [2.05, 4.69) is 10.2 Å². The van der Waals surface area contributed by atoms with Crippen molar-refractivity contribution in [3.8, 4) is 0 Å². The van der Waals surface area contributed by atoms with Crippen LogP contribution in [0.3, 0.4) is 0 Å². The fourth-order valence-corrected chi connectivity index (χ4v) is 3.00. The summed E-state index contributed by atoms with van der Waals surface area (Å²) in [6.07, 6.45) is 2.12. The number of nitrogens with zero attached hydrogens (tertiary/aromatic N) is 1. The maximum atomic E-state index is 11.4. The number of halogens is 1. The third-order valence-electron chi connectivity index (χ3n) is 4.12. The summed E-state index contributed by atoms with van der Waals surface area (Å²) in [5.41, 5.74) is 0.856. The van der Waals surface area contributed by atoms with Crippen molar-refractivity contribution in [2.75, 3.05) is 26.7 Å². The van der Waals surface area contributed by atoms with Crippen molar-refractivity contribution in [2.24, 2.45) is 5.92 Å². The number of aliphatic hydroxyl groups excluding tert-OH is 1. The zero-order valence-corrected chi connectivity index (χ0v) is 13.1. The number of aliphatic hydroxyl groups is 1. The van der Waals surface area contributed by atoms with Gasteiger partial charge in [0.05, 0.1) is 6.10 Å². The maximum absolute atomic E-state index is 11.4. The van der Waals surface area contributed by atoms with E-state index in [0.717, 1.165) is 31.5 Å². The molecule has 1 heterocycles. The second kappa shape index (κ2) is 7.78. The molecular formula is C16H23ClN2O2. The van der Waals surface area contributed by atoms with Crippen molar-refractivity contribution in [1.82, 2.24) is 10.2 Å². The Kier molecular flexibility index (Phi) is 6.03. The van der Waals surface area contributed by atoms with E-state index in [1.165, 1.54) is 0 Å². The van der Waals surface area contributed by atoms with Gasteiger partial charge in [-0.05, 0) is 49.5 Å². The summed E-state index contributed by atoms with van der Waals surface area (Å²) >= 11 is 5.95. The number of likely N-dealkylation sites (tertiary alicyclic amines) is 1. The molecule has 5 heteroatoms. The zero-order valence-electron chi connectivity index (χ0n) is 12.4. The van der Waals surface area contributed by atoms with Crippen LogP contribution in [-0.2, 0) is 4.79 Å². The third kappa shape index (κ3) is 4.99. The summed E-state index contributed by atoms with van der Waals surface area (Å²) in [6, 6.07) is 7.37. The fourth-order valence-electron chi connectivity index (χ4n) is 2.80. The van der Waals surface area contributed by atoms with E-state index in [1.54, 1.807) is 7.05 Å². The molecule has 2 rings (SSSR count). The molecule has 1 aliphatic heterocycles. The van der Waals surface area contributed by atoms with Crippen LogP contribution in [0, 0.1) is 5.92 Å². The predicted molar refractivity (Wildman–Crippen MR) is 84.3 cm³/mol. The molecule has 0 radical (unpaired) electrons. The SMILES string of the molecule is CNC(=O)CC1CCN(CC(O)c2cccc(Cl)c2)CC1. The van der Waals surface area contributed by atoms with Gasteiger partial charge >= 0.3 is 0 Å². The Bertz CT molecular complexity index is 473. The van der Waals surface area contributed by atoms with Gasteiger partial charge in [-0.1, -0.05) is 23.7 Å². The minimum atomic E-state index is -0.515. The van der Waals surface area contributed by atoms with Crippen molar-refractivity contribution >= 4 is 17.5 Å². The Balaban J connectivity index is 1.79. The minimum absolute atomic E-state index is 0.118. The first-order chi connectivity index (χ1) is 10.1. The molecule has 4 nitrogen and oxygen atoms in total. The number of benzene rings is 1. The van der Waals surface area contributed by atoms with E-state index in [1.807, 2.05) is 24.3 Å². The first kappa shape index (κ1) is 16.3. The van der Waals surface area contributed by atoms with Crippen LogP contribution >= 0.6 is 11.6 Å². The normalized spacial score (nSPS) is 18.4. The molecule has 0 saturated carbocycles. The molecule has 1 aliphatic rings. The zero-order chi connectivity index (χ0) is 15.2. The first-order valence-corrected chi connectivity index (χ1v) is 7.82. The Labute approximate surface area is 131 Å². The number of hydrogen-bond donors (Lipinski definition) is 2. The number of piperidine rings is 1. The first-order valence-electron chi connectivity index (χ1n) is 7.45. The number of hydrogen-bond acceptors (Lipinski definition) is 3. The highest BCUT2D eigenvalue weighted by atomic mass is 35.5. The highest BCUT2D eigenvalue weighted by molar-refractivity contribution is 6.30. The van der Waals surface area contributed by atoms with E-state index in [-0.39, 0.29) is 5.91 Å². The highest BCUT2D eigenvalue weighted by Gasteiger charge is 2.23. The largest absolute Gasteiger partial charge is 0.387 e. The van der Waals surface area contributed by atoms with Crippen molar-refractivity contribution in [3.63, 3.8) is 0 Å². The molecular weight excluding hydrogens is 288 g/mol. The standard InChI is InChI=1S/C16H23ClN2O2/c1-18-16(21)9-12-5-7-19(8-6-12)11-15(20)13-3-2-4-14(17)10-13/h2-4,10,12,15,20H,5-9,11H2,1H3,(H,18,21). The molecule has 21 heavy (non-hydrogen) atoms. The van der Waals surface area contributed by atoms with Crippen LogP contribution in [0.4, 0.5) is 0 Å². The van der Waals surface area contributed by atoms with Crippen molar-refractivity contribution < 1.29 is 9.90 Å². The number of rotatable bonds is 5. The van der Waals surface area contributed by atoms with Gasteiger partial charge in [0.1, 0.15) is 0 Å².